The Bertz CT molecular complexity index is 761. The zero-order valence-electron chi connectivity index (χ0n) is 15.0. The van der Waals surface area contributed by atoms with Crippen LogP contribution in [-0.4, -0.2) is 51.0 Å². The van der Waals surface area contributed by atoms with Crippen molar-refractivity contribution in [2.24, 2.45) is 7.05 Å². The number of amides is 1. The van der Waals surface area contributed by atoms with Gasteiger partial charge in [0.15, 0.2) is 0 Å². The molecule has 2 heterocycles. The van der Waals surface area contributed by atoms with Crippen LogP contribution in [0.2, 0.25) is 0 Å². The van der Waals surface area contributed by atoms with Gasteiger partial charge in [0.1, 0.15) is 23.7 Å². The molecule has 134 valence electrons. The predicted octanol–water partition coefficient (Wildman–Crippen LogP) is 2.08. The average molecular weight is 343 g/mol. The van der Waals surface area contributed by atoms with Gasteiger partial charge < -0.3 is 14.7 Å². The molecule has 0 radical (unpaired) electrons. The van der Waals surface area contributed by atoms with Crippen LogP contribution in [0.5, 0.6) is 5.75 Å². The number of likely N-dealkylation sites (tertiary alicyclic amines) is 1. The van der Waals surface area contributed by atoms with Crippen LogP contribution in [0.4, 0.5) is 0 Å². The van der Waals surface area contributed by atoms with E-state index in [1.54, 1.807) is 28.9 Å². The number of aromatic nitrogens is 2. The summed E-state index contributed by atoms with van der Waals surface area (Å²) in [6.07, 6.45) is 2.75. The summed E-state index contributed by atoms with van der Waals surface area (Å²) >= 11 is 0. The van der Waals surface area contributed by atoms with E-state index in [2.05, 4.69) is 12.0 Å². The third-order valence-corrected chi connectivity index (χ3v) is 4.90. The standard InChI is InChI=1S/C19H25N3O3/c1-14-4-5-16(12-15(14)2)25-13-19(24)7-10-22(11-8-19)18(23)17-6-9-21(3)20-17/h4-6,9,12,24H,7-8,10-11,13H2,1-3H3. The molecule has 2 aromatic rings. The van der Waals surface area contributed by atoms with Crippen molar-refractivity contribution in [2.45, 2.75) is 32.3 Å². The molecule has 1 aromatic heterocycles. The quantitative estimate of drug-likeness (QED) is 0.923. The molecule has 1 amide bonds. The van der Waals surface area contributed by atoms with E-state index in [-0.39, 0.29) is 12.5 Å². The van der Waals surface area contributed by atoms with Crippen molar-refractivity contribution >= 4 is 5.91 Å². The minimum atomic E-state index is -0.903. The van der Waals surface area contributed by atoms with Gasteiger partial charge in [0.25, 0.3) is 5.91 Å². The maximum atomic E-state index is 12.4. The minimum Gasteiger partial charge on any atom is -0.491 e. The molecule has 6 heteroatoms. The van der Waals surface area contributed by atoms with Crippen molar-refractivity contribution in [1.82, 2.24) is 14.7 Å². The molecular weight excluding hydrogens is 318 g/mol. The second-order valence-corrected chi connectivity index (χ2v) is 6.93. The van der Waals surface area contributed by atoms with Gasteiger partial charge in [-0.3, -0.25) is 9.48 Å². The lowest BCUT2D eigenvalue weighted by Gasteiger charge is -2.37. The van der Waals surface area contributed by atoms with Gasteiger partial charge in [-0.1, -0.05) is 6.07 Å². The molecule has 0 atom stereocenters. The topological polar surface area (TPSA) is 67.6 Å². The van der Waals surface area contributed by atoms with Gasteiger partial charge in [-0.25, -0.2) is 0 Å². The van der Waals surface area contributed by atoms with Crippen LogP contribution in [0.3, 0.4) is 0 Å². The Morgan fingerprint density at radius 2 is 1.96 bits per heavy atom. The van der Waals surface area contributed by atoms with Crippen molar-refractivity contribution in [1.29, 1.82) is 0 Å². The molecule has 1 N–H and O–H groups in total. The van der Waals surface area contributed by atoms with E-state index in [1.165, 1.54) is 11.1 Å². The van der Waals surface area contributed by atoms with E-state index >= 15 is 0 Å². The molecule has 1 aliphatic rings. The van der Waals surface area contributed by atoms with Gasteiger partial charge in [0, 0.05) is 26.3 Å². The maximum absolute atomic E-state index is 12.4. The van der Waals surface area contributed by atoms with E-state index in [0.29, 0.717) is 31.6 Å². The molecule has 1 aromatic carbocycles. The lowest BCUT2D eigenvalue weighted by Crippen LogP contribution is -2.49. The van der Waals surface area contributed by atoms with Gasteiger partial charge in [0.2, 0.25) is 0 Å². The first-order valence-electron chi connectivity index (χ1n) is 8.58. The minimum absolute atomic E-state index is 0.0854. The Hall–Kier alpha value is -2.34. The van der Waals surface area contributed by atoms with Crippen molar-refractivity contribution < 1.29 is 14.6 Å². The summed E-state index contributed by atoms with van der Waals surface area (Å²) < 4.78 is 7.41. The monoisotopic (exact) mass is 343 g/mol. The third kappa shape index (κ3) is 4.02. The van der Waals surface area contributed by atoms with Gasteiger partial charge in [0.05, 0.1) is 0 Å². The second kappa shape index (κ2) is 6.88. The highest BCUT2D eigenvalue weighted by atomic mass is 16.5. The Labute approximate surface area is 148 Å². The molecule has 0 aliphatic carbocycles. The summed E-state index contributed by atoms with van der Waals surface area (Å²) in [5.41, 5.74) is 1.92. The fourth-order valence-corrected chi connectivity index (χ4v) is 2.98. The van der Waals surface area contributed by atoms with E-state index in [4.69, 9.17) is 4.74 Å². The molecule has 1 saturated heterocycles. The summed E-state index contributed by atoms with van der Waals surface area (Å²) in [6.45, 7) is 5.34. The summed E-state index contributed by atoms with van der Waals surface area (Å²) in [5.74, 6) is 0.682. The van der Waals surface area contributed by atoms with Gasteiger partial charge in [-0.2, -0.15) is 5.10 Å². The number of rotatable bonds is 4. The number of nitrogens with zero attached hydrogens (tertiary/aromatic N) is 3. The van der Waals surface area contributed by atoms with Gasteiger partial charge >= 0.3 is 0 Å². The fourth-order valence-electron chi connectivity index (χ4n) is 2.98. The Morgan fingerprint density at radius 1 is 1.24 bits per heavy atom. The van der Waals surface area contributed by atoms with E-state index < -0.39 is 5.60 Å². The summed E-state index contributed by atoms with van der Waals surface area (Å²) in [7, 11) is 1.79. The van der Waals surface area contributed by atoms with E-state index in [1.807, 2.05) is 25.1 Å². The largest absolute Gasteiger partial charge is 0.491 e. The van der Waals surface area contributed by atoms with Gasteiger partial charge in [-0.05, 0) is 56.0 Å². The Balaban J connectivity index is 1.55. The van der Waals surface area contributed by atoms with E-state index in [0.717, 1.165) is 5.75 Å². The average Bonchev–Trinajstić information content (AvgIpc) is 3.03. The third-order valence-electron chi connectivity index (χ3n) is 4.90. The molecule has 3 rings (SSSR count). The molecule has 25 heavy (non-hydrogen) atoms. The molecular formula is C19H25N3O3. The number of benzene rings is 1. The molecule has 0 saturated carbocycles. The number of hydrogen-bond acceptors (Lipinski definition) is 4. The first-order chi connectivity index (χ1) is 11.9. The SMILES string of the molecule is Cc1ccc(OCC2(O)CCN(C(=O)c3ccn(C)n3)CC2)cc1C. The van der Waals surface area contributed by atoms with Crippen LogP contribution in [0.15, 0.2) is 30.5 Å². The highest BCUT2D eigenvalue weighted by Gasteiger charge is 2.35. The van der Waals surface area contributed by atoms with Crippen LogP contribution in [0, 0.1) is 13.8 Å². The maximum Gasteiger partial charge on any atom is 0.274 e. The number of carbonyl (C=O) groups is 1. The number of aryl methyl sites for hydroxylation is 3. The van der Waals surface area contributed by atoms with Crippen molar-refractivity contribution in [3.05, 3.63) is 47.3 Å². The normalized spacial score (nSPS) is 16.7. The van der Waals surface area contributed by atoms with Crippen LogP contribution in [0.25, 0.3) is 0 Å². The Kier molecular flexibility index (Phi) is 4.81. The number of piperidine rings is 1. The first kappa shape index (κ1) is 17.5. The second-order valence-electron chi connectivity index (χ2n) is 6.93. The summed E-state index contributed by atoms with van der Waals surface area (Å²) in [4.78, 5) is 14.2. The lowest BCUT2D eigenvalue weighted by molar-refractivity contribution is -0.0476. The fraction of sp³-hybridized carbons (Fsp3) is 0.474. The van der Waals surface area contributed by atoms with Crippen LogP contribution in [0.1, 0.15) is 34.5 Å². The number of hydrogen-bond donors (Lipinski definition) is 1. The summed E-state index contributed by atoms with van der Waals surface area (Å²) in [6, 6.07) is 7.64. The zero-order valence-corrected chi connectivity index (χ0v) is 15.0. The molecule has 1 fully saturated rings. The van der Waals surface area contributed by atoms with Crippen molar-refractivity contribution in [3.63, 3.8) is 0 Å². The number of aliphatic hydroxyl groups is 1. The zero-order chi connectivity index (χ0) is 18.0. The molecule has 6 nitrogen and oxygen atoms in total. The van der Waals surface area contributed by atoms with Crippen LogP contribution in [-0.2, 0) is 7.05 Å². The molecule has 1 aliphatic heterocycles. The van der Waals surface area contributed by atoms with Crippen molar-refractivity contribution in [3.8, 4) is 5.75 Å². The number of ether oxygens (including phenoxy) is 1. The highest BCUT2D eigenvalue weighted by Crippen LogP contribution is 2.25. The molecule has 0 bridgehead atoms. The number of carbonyl (C=O) groups excluding carboxylic acids is 1. The van der Waals surface area contributed by atoms with Gasteiger partial charge in [-0.15, -0.1) is 0 Å². The highest BCUT2D eigenvalue weighted by molar-refractivity contribution is 5.92. The first-order valence-corrected chi connectivity index (χ1v) is 8.58. The smallest absolute Gasteiger partial charge is 0.274 e. The van der Waals surface area contributed by atoms with Crippen LogP contribution >= 0.6 is 0 Å². The summed E-state index contributed by atoms with van der Waals surface area (Å²) in [5, 5.41) is 14.9. The molecule has 0 unspecified atom stereocenters. The van der Waals surface area contributed by atoms with Crippen LogP contribution < -0.4 is 4.74 Å². The Morgan fingerprint density at radius 3 is 2.56 bits per heavy atom. The van der Waals surface area contributed by atoms with E-state index in [9.17, 15) is 9.90 Å². The molecule has 0 spiro atoms. The van der Waals surface area contributed by atoms with Crippen molar-refractivity contribution in [2.75, 3.05) is 19.7 Å². The predicted molar refractivity (Wildman–Crippen MR) is 94.7 cm³/mol. The lowest BCUT2D eigenvalue weighted by atomic mass is 9.92.